The number of halogens is 1. The van der Waals surface area contributed by atoms with Gasteiger partial charge in [-0.3, -0.25) is 4.79 Å². The quantitative estimate of drug-likeness (QED) is 0.582. The van der Waals surface area contributed by atoms with Crippen LogP contribution in [0.2, 0.25) is 0 Å². The van der Waals surface area contributed by atoms with Gasteiger partial charge >= 0.3 is 6.04 Å². The molecule has 1 nitrogen and oxygen atoms in total. The molecule has 0 aromatic carbocycles. The molecule has 2 bridgehead atoms. The summed E-state index contributed by atoms with van der Waals surface area (Å²) in [5.41, 5.74) is -0.553. The van der Waals surface area contributed by atoms with Gasteiger partial charge in [0.05, 0.1) is 5.41 Å². The number of fused-ring (bicyclic) bond motifs is 2. The number of rotatable bonds is 2. The Hall–Kier alpha value is -0.400. The average Bonchev–Trinajstić information content (AvgIpc) is 2.62. The highest BCUT2D eigenvalue weighted by Crippen LogP contribution is 2.58. The van der Waals surface area contributed by atoms with E-state index in [0.29, 0.717) is 18.3 Å². The Labute approximate surface area is 72.3 Å². The maximum atomic E-state index is 12.9. The van der Waals surface area contributed by atoms with E-state index in [0.717, 1.165) is 19.3 Å². The van der Waals surface area contributed by atoms with Crippen molar-refractivity contribution >= 4 is 6.04 Å². The first-order chi connectivity index (χ1) is 5.69. The summed E-state index contributed by atoms with van der Waals surface area (Å²) < 4.78 is 12.9. The molecule has 0 amide bonds. The van der Waals surface area contributed by atoms with Crippen molar-refractivity contribution in [2.75, 3.05) is 0 Å². The Morgan fingerprint density at radius 1 is 1.58 bits per heavy atom. The SMILES string of the molecule is CCC1(C(=O)F)CC2CCC1C2. The molecule has 12 heavy (non-hydrogen) atoms. The number of hydrogen-bond donors (Lipinski definition) is 0. The summed E-state index contributed by atoms with van der Waals surface area (Å²) in [6, 6.07) is -1.04. The lowest BCUT2D eigenvalue weighted by Crippen LogP contribution is -2.33. The molecule has 2 saturated carbocycles. The van der Waals surface area contributed by atoms with Gasteiger partial charge in [-0.1, -0.05) is 13.3 Å². The zero-order valence-electron chi connectivity index (χ0n) is 7.48. The first kappa shape index (κ1) is 8.21. The van der Waals surface area contributed by atoms with E-state index in [1.165, 1.54) is 6.42 Å². The number of hydrogen-bond acceptors (Lipinski definition) is 1. The lowest BCUT2D eigenvalue weighted by atomic mass is 9.72. The molecular weight excluding hydrogens is 155 g/mol. The second kappa shape index (κ2) is 2.54. The van der Waals surface area contributed by atoms with Gasteiger partial charge in [-0.25, -0.2) is 0 Å². The summed E-state index contributed by atoms with van der Waals surface area (Å²) in [6.07, 6.45) is 4.92. The van der Waals surface area contributed by atoms with E-state index in [4.69, 9.17) is 0 Å². The smallest absolute Gasteiger partial charge is 0.261 e. The Morgan fingerprint density at radius 2 is 2.33 bits per heavy atom. The van der Waals surface area contributed by atoms with Crippen molar-refractivity contribution in [2.24, 2.45) is 17.3 Å². The number of carbonyl (C=O) groups is 1. The molecule has 0 heterocycles. The minimum Gasteiger partial charge on any atom is -0.261 e. The van der Waals surface area contributed by atoms with Crippen LogP contribution in [-0.4, -0.2) is 6.04 Å². The van der Waals surface area contributed by atoms with Crippen LogP contribution in [0.3, 0.4) is 0 Å². The fourth-order valence-corrected chi connectivity index (χ4v) is 3.26. The van der Waals surface area contributed by atoms with Gasteiger partial charge in [-0.15, -0.1) is 0 Å². The van der Waals surface area contributed by atoms with E-state index in [1.807, 2.05) is 6.92 Å². The van der Waals surface area contributed by atoms with Crippen molar-refractivity contribution in [3.63, 3.8) is 0 Å². The summed E-state index contributed by atoms with van der Waals surface area (Å²) in [5, 5.41) is 0. The molecule has 0 spiro atoms. The van der Waals surface area contributed by atoms with Crippen LogP contribution in [0.15, 0.2) is 0 Å². The Morgan fingerprint density at radius 3 is 2.58 bits per heavy atom. The molecule has 2 aliphatic rings. The lowest BCUT2D eigenvalue weighted by molar-refractivity contribution is -0.143. The van der Waals surface area contributed by atoms with Crippen LogP contribution in [0, 0.1) is 17.3 Å². The number of carbonyl (C=O) groups excluding carboxylic acids is 1. The third-order valence-corrected chi connectivity index (χ3v) is 4.00. The van der Waals surface area contributed by atoms with Gasteiger partial charge in [0.2, 0.25) is 0 Å². The second-order valence-corrected chi connectivity index (χ2v) is 4.36. The maximum Gasteiger partial charge on any atom is 0.307 e. The molecule has 68 valence electrons. The largest absolute Gasteiger partial charge is 0.307 e. The summed E-state index contributed by atoms with van der Waals surface area (Å²) in [4.78, 5) is 10.9. The molecule has 3 atom stereocenters. The lowest BCUT2D eigenvalue weighted by Gasteiger charge is -2.31. The van der Waals surface area contributed by atoms with Gasteiger partial charge in [0.25, 0.3) is 0 Å². The van der Waals surface area contributed by atoms with Crippen molar-refractivity contribution in [1.82, 2.24) is 0 Å². The maximum absolute atomic E-state index is 12.9. The van der Waals surface area contributed by atoms with Crippen LogP contribution in [-0.2, 0) is 4.79 Å². The topological polar surface area (TPSA) is 17.1 Å². The van der Waals surface area contributed by atoms with Crippen LogP contribution in [0.1, 0.15) is 39.0 Å². The van der Waals surface area contributed by atoms with Gasteiger partial charge in [-0.2, -0.15) is 4.39 Å². The minimum atomic E-state index is -1.04. The van der Waals surface area contributed by atoms with Crippen molar-refractivity contribution in [3.8, 4) is 0 Å². The first-order valence-electron chi connectivity index (χ1n) is 4.89. The molecule has 0 aromatic rings. The van der Waals surface area contributed by atoms with E-state index in [1.54, 1.807) is 0 Å². The second-order valence-electron chi connectivity index (χ2n) is 4.36. The van der Waals surface area contributed by atoms with E-state index in [-0.39, 0.29) is 0 Å². The predicted molar refractivity (Wildman–Crippen MR) is 44.3 cm³/mol. The molecule has 3 unspecified atom stereocenters. The zero-order chi connectivity index (χ0) is 8.77. The fraction of sp³-hybridized carbons (Fsp3) is 0.900. The van der Waals surface area contributed by atoms with Gasteiger partial charge in [0.15, 0.2) is 0 Å². The van der Waals surface area contributed by atoms with E-state index >= 15 is 0 Å². The third-order valence-electron chi connectivity index (χ3n) is 4.00. The molecular formula is C10H15FO. The summed E-state index contributed by atoms with van der Waals surface area (Å²) in [7, 11) is 0. The van der Waals surface area contributed by atoms with E-state index in [2.05, 4.69) is 0 Å². The molecule has 0 radical (unpaired) electrons. The molecule has 2 fully saturated rings. The molecule has 2 heteroatoms. The summed E-state index contributed by atoms with van der Waals surface area (Å²) in [5.74, 6) is 1.01. The Bertz CT molecular complexity index is 214. The zero-order valence-corrected chi connectivity index (χ0v) is 7.48. The predicted octanol–water partition coefficient (Wildman–Crippen LogP) is 2.70. The Kier molecular flexibility index (Phi) is 1.74. The van der Waals surface area contributed by atoms with Crippen molar-refractivity contribution in [1.29, 1.82) is 0 Å². The fourth-order valence-electron chi connectivity index (χ4n) is 3.26. The molecule has 2 aliphatic carbocycles. The summed E-state index contributed by atoms with van der Waals surface area (Å²) in [6.45, 7) is 1.94. The highest BCUT2D eigenvalue weighted by Gasteiger charge is 2.54. The third kappa shape index (κ3) is 0.868. The van der Waals surface area contributed by atoms with E-state index < -0.39 is 11.5 Å². The van der Waals surface area contributed by atoms with Crippen molar-refractivity contribution in [3.05, 3.63) is 0 Å². The summed E-state index contributed by atoms with van der Waals surface area (Å²) >= 11 is 0. The van der Waals surface area contributed by atoms with Crippen LogP contribution in [0.4, 0.5) is 4.39 Å². The first-order valence-corrected chi connectivity index (χ1v) is 4.89. The minimum absolute atomic E-state index is 0.366. The van der Waals surface area contributed by atoms with Crippen LogP contribution >= 0.6 is 0 Å². The molecule has 0 aliphatic heterocycles. The van der Waals surface area contributed by atoms with Gasteiger partial charge < -0.3 is 0 Å². The van der Waals surface area contributed by atoms with Gasteiger partial charge in [-0.05, 0) is 37.5 Å². The average molecular weight is 170 g/mol. The Balaban J connectivity index is 2.25. The highest BCUT2D eigenvalue weighted by atomic mass is 19.1. The van der Waals surface area contributed by atoms with Crippen LogP contribution < -0.4 is 0 Å². The molecule has 0 saturated heterocycles. The van der Waals surface area contributed by atoms with Gasteiger partial charge in [0.1, 0.15) is 0 Å². The van der Waals surface area contributed by atoms with Crippen molar-refractivity contribution < 1.29 is 9.18 Å². The van der Waals surface area contributed by atoms with Crippen molar-refractivity contribution in [2.45, 2.75) is 39.0 Å². The van der Waals surface area contributed by atoms with Gasteiger partial charge in [0, 0.05) is 0 Å². The van der Waals surface area contributed by atoms with E-state index in [9.17, 15) is 9.18 Å². The monoisotopic (exact) mass is 170 g/mol. The molecule has 0 aromatic heterocycles. The molecule has 0 N–H and O–H groups in total. The highest BCUT2D eigenvalue weighted by molar-refractivity contribution is 5.76. The van der Waals surface area contributed by atoms with Crippen LogP contribution in [0.5, 0.6) is 0 Å². The molecule has 2 rings (SSSR count). The standard InChI is InChI=1S/C10H15FO/c1-2-10(9(11)12)6-7-3-4-8(10)5-7/h7-8H,2-6H2,1H3. The normalized spacial score (nSPS) is 45.2. The van der Waals surface area contributed by atoms with Crippen LogP contribution in [0.25, 0.3) is 0 Å².